The van der Waals surface area contributed by atoms with Crippen molar-refractivity contribution in [2.45, 2.75) is 80.3 Å². The number of amides is 1. The van der Waals surface area contributed by atoms with E-state index in [1.807, 2.05) is 11.6 Å². The summed E-state index contributed by atoms with van der Waals surface area (Å²) in [5.41, 5.74) is -0.744. The molecule has 2 saturated carbocycles. The number of rotatable bonds is 6. The summed E-state index contributed by atoms with van der Waals surface area (Å²) in [6.07, 6.45) is 8.17. The summed E-state index contributed by atoms with van der Waals surface area (Å²) in [6, 6.07) is 0.398. The van der Waals surface area contributed by atoms with Crippen molar-refractivity contribution in [3.8, 4) is 0 Å². The van der Waals surface area contributed by atoms with E-state index in [0.717, 1.165) is 38.5 Å². The first kappa shape index (κ1) is 16.7. The van der Waals surface area contributed by atoms with Gasteiger partial charge in [-0.1, -0.05) is 37.4 Å². The number of aliphatic hydroxyl groups is 1. The molecule has 23 heavy (non-hydrogen) atoms. The van der Waals surface area contributed by atoms with Crippen molar-refractivity contribution in [1.29, 1.82) is 0 Å². The number of tetrazole rings is 1. The number of thioether (sulfide) groups is 1. The Bertz CT molecular complexity index is 538. The van der Waals surface area contributed by atoms with E-state index >= 15 is 0 Å². The van der Waals surface area contributed by atoms with E-state index in [-0.39, 0.29) is 11.2 Å². The van der Waals surface area contributed by atoms with E-state index in [4.69, 9.17) is 0 Å². The van der Waals surface area contributed by atoms with Crippen molar-refractivity contribution in [2.24, 2.45) is 0 Å². The van der Waals surface area contributed by atoms with Crippen LogP contribution in [-0.4, -0.2) is 48.6 Å². The lowest BCUT2D eigenvalue weighted by Gasteiger charge is -2.27. The molecule has 0 bridgehead atoms. The molecular weight excluding hydrogens is 314 g/mol. The number of hydrogen-bond donors (Lipinski definition) is 2. The van der Waals surface area contributed by atoms with Gasteiger partial charge in [0.1, 0.15) is 0 Å². The Balaban J connectivity index is 1.50. The van der Waals surface area contributed by atoms with Crippen LogP contribution in [0.25, 0.3) is 0 Å². The Labute approximate surface area is 140 Å². The largest absolute Gasteiger partial charge is 0.388 e. The van der Waals surface area contributed by atoms with Crippen LogP contribution < -0.4 is 5.32 Å². The molecule has 1 heterocycles. The van der Waals surface area contributed by atoms with Gasteiger partial charge in [0.2, 0.25) is 11.1 Å². The maximum Gasteiger partial charge on any atom is 0.233 e. The van der Waals surface area contributed by atoms with E-state index in [2.05, 4.69) is 20.8 Å². The van der Waals surface area contributed by atoms with E-state index in [0.29, 0.717) is 17.7 Å². The predicted molar refractivity (Wildman–Crippen MR) is 87.1 cm³/mol. The van der Waals surface area contributed by atoms with Crippen LogP contribution >= 0.6 is 11.8 Å². The van der Waals surface area contributed by atoms with Gasteiger partial charge in [-0.25, -0.2) is 4.68 Å². The quantitative estimate of drug-likeness (QED) is 0.605. The van der Waals surface area contributed by atoms with Crippen LogP contribution in [0.4, 0.5) is 0 Å². The molecule has 1 atom stereocenters. The van der Waals surface area contributed by atoms with Crippen LogP contribution in [0.3, 0.4) is 0 Å². The van der Waals surface area contributed by atoms with Crippen LogP contribution in [0.2, 0.25) is 0 Å². The molecule has 2 fully saturated rings. The zero-order valence-electron chi connectivity index (χ0n) is 13.6. The second kappa shape index (κ2) is 7.17. The highest BCUT2D eigenvalue weighted by atomic mass is 32.2. The van der Waals surface area contributed by atoms with E-state index < -0.39 is 5.60 Å². The van der Waals surface area contributed by atoms with Crippen LogP contribution in [-0.2, 0) is 4.79 Å². The lowest BCUT2D eigenvalue weighted by molar-refractivity contribution is -0.121. The van der Waals surface area contributed by atoms with Gasteiger partial charge in [0.15, 0.2) is 0 Å². The van der Waals surface area contributed by atoms with Gasteiger partial charge in [-0.15, -0.1) is 5.10 Å². The van der Waals surface area contributed by atoms with Gasteiger partial charge in [-0.2, -0.15) is 0 Å². The van der Waals surface area contributed by atoms with Crippen LogP contribution in [0.15, 0.2) is 5.16 Å². The van der Waals surface area contributed by atoms with Crippen LogP contribution in [0.1, 0.15) is 64.3 Å². The third kappa shape index (κ3) is 4.44. The maximum absolute atomic E-state index is 12.3. The SMILES string of the molecule is C[C@@H](Sc1nnnn1C1CC1)C(=O)NCC1(O)CCCCCC1. The minimum atomic E-state index is -0.744. The van der Waals surface area contributed by atoms with Crippen molar-refractivity contribution in [1.82, 2.24) is 25.5 Å². The van der Waals surface area contributed by atoms with E-state index in [1.165, 1.54) is 24.6 Å². The molecule has 7 nitrogen and oxygen atoms in total. The second-order valence-electron chi connectivity index (χ2n) is 6.75. The number of carbonyl (C=O) groups excluding carboxylic acids is 1. The minimum Gasteiger partial charge on any atom is -0.388 e. The van der Waals surface area contributed by atoms with Crippen molar-refractivity contribution in [3.05, 3.63) is 0 Å². The van der Waals surface area contributed by atoms with Gasteiger partial charge in [0, 0.05) is 6.54 Å². The summed E-state index contributed by atoms with van der Waals surface area (Å²) in [7, 11) is 0. The number of hydrogen-bond acceptors (Lipinski definition) is 6. The molecule has 1 amide bonds. The Morgan fingerprint density at radius 2 is 2.09 bits per heavy atom. The Morgan fingerprint density at radius 3 is 2.74 bits per heavy atom. The number of aromatic nitrogens is 4. The van der Waals surface area contributed by atoms with E-state index in [1.54, 1.807) is 0 Å². The predicted octanol–water partition coefficient (Wildman–Crippen LogP) is 1.69. The Hall–Kier alpha value is -1.15. The van der Waals surface area contributed by atoms with Crippen molar-refractivity contribution < 1.29 is 9.90 Å². The molecule has 0 radical (unpaired) electrons. The maximum atomic E-state index is 12.3. The fourth-order valence-electron chi connectivity index (χ4n) is 2.98. The first-order chi connectivity index (χ1) is 11.1. The van der Waals surface area contributed by atoms with Crippen molar-refractivity contribution in [2.75, 3.05) is 6.54 Å². The molecule has 0 spiro atoms. The van der Waals surface area contributed by atoms with Crippen molar-refractivity contribution in [3.63, 3.8) is 0 Å². The molecule has 0 aromatic carbocycles. The summed E-state index contributed by atoms with van der Waals surface area (Å²) in [5, 5.41) is 25.6. The molecular formula is C15H25N5O2S. The van der Waals surface area contributed by atoms with E-state index in [9.17, 15) is 9.90 Å². The molecule has 128 valence electrons. The molecule has 0 saturated heterocycles. The van der Waals surface area contributed by atoms with Gasteiger partial charge < -0.3 is 10.4 Å². The molecule has 2 aliphatic rings. The fraction of sp³-hybridized carbons (Fsp3) is 0.867. The zero-order valence-corrected chi connectivity index (χ0v) is 14.4. The number of nitrogens with zero attached hydrogens (tertiary/aromatic N) is 4. The zero-order chi connectivity index (χ0) is 16.3. The second-order valence-corrected chi connectivity index (χ2v) is 8.06. The molecule has 1 aromatic heterocycles. The highest BCUT2D eigenvalue weighted by Crippen LogP contribution is 2.37. The van der Waals surface area contributed by atoms with Crippen LogP contribution in [0, 0.1) is 0 Å². The summed E-state index contributed by atoms with van der Waals surface area (Å²) in [4.78, 5) is 12.3. The fourth-order valence-corrected chi connectivity index (χ4v) is 3.87. The topological polar surface area (TPSA) is 92.9 Å². The Kier molecular flexibility index (Phi) is 5.21. The average molecular weight is 339 g/mol. The van der Waals surface area contributed by atoms with Gasteiger partial charge in [-0.3, -0.25) is 4.79 Å². The first-order valence-electron chi connectivity index (χ1n) is 8.52. The third-order valence-corrected chi connectivity index (χ3v) is 5.68. The monoisotopic (exact) mass is 339 g/mol. The molecule has 0 unspecified atom stereocenters. The summed E-state index contributed by atoms with van der Waals surface area (Å²) < 4.78 is 1.81. The highest BCUT2D eigenvalue weighted by Gasteiger charge is 2.31. The van der Waals surface area contributed by atoms with Gasteiger partial charge in [-0.05, 0) is 43.0 Å². The standard InChI is InChI=1S/C15H25N5O2S/c1-11(23-14-17-18-19-20(14)12-6-7-12)13(21)16-10-15(22)8-4-2-3-5-9-15/h11-12,22H,2-10H2,1H3,(H,16,21)/t11-/m1/s1. The molecule has 8 heteroatoms. The minimum absolute atomic E-state index is 0.0713. The molecule has 0 aliphatic heterocycles. The molecule has 1 aromatic rings. The molecule has 3 rings (SSSR count). The highest BCUT2D eigenvalue weighted by molar-refractivity contribution is 8.00. The summed E-state index contributed by atoms with van der Waals surface area (Å²) >= 11 is 1.38. The van der Waals surface area contributed by atoms with Gasteiger partial charge >= 0.3 is 0 Å². The smallest absolute Gasteiger partial charge is 0.233 e. The van der Waals surface area contributed by atoms with Crippen molar-refractivity contribution >= 4 is 17.7 Å². The lowest BCUT2D eigenvalue weighted by atomic mass is 9.94. The number of nitrogens with one attached hydrogen (secondary N) is 1. The van der Waals surface area contributed by atoms with Gasteiger partial charge in [0.05, 0.1) is 16.9 Å². The summed E-state index contributed by atoms with van der Waals surface area (Å²) in [6.45, 7) is 2.19. The average Bonchev–Trinajstić information content (AvgIpc) is 3.31. The first-order valence-corrected chi connectivity index (χ1v) is 9.40. The third-order valence-electron chi connectivity index (χ3n) is 4.63. The molecule has 2 aliphatic carbocycles. The van der Waals surface area contributed by atoms with Gasteiger partial charge in [0.25, 0.3) is 0 Å². The number of carbonyl (C=O) groups is 1. The normalized spacial score (nSPS) is 22.3. The summed E-state index contributed by atoms with van der Waals surface area (Å²) in [5.74, 6) is -0.0713. The Morgan fingerprint density at radius 1 is 1.39 bits per heavy atom. The lowest BCUT2D eigenvalue weighted by Crippen LogP contribution is -2.44. The molecule has 2 N–H and O–H groups in total. The van der Waals surface area contributed by atoms with Crippen LogP contribution in [0.5, 0.6) is 0 Å².